The van der Waals surface area contributed by atoms with E-state index in [2.05, 4.69) is 16.9 Å². The quantitative estimate of drug-likeness (QED) is 0.909. The van der Waals surface area contributed by atoms with Gasteiger partial charge in [-0.2, -0.15) is 5.10 Å². The number of hydrogen-bond acceptors (Lipinski definition) is 3. The monoisotopic (exact) mass is 271 g/mol. The molecule has 1 aliphatic heterocycles. The van der Waals surface area contributed by atoms with E-state index in [1.54, 1.807) is 0 Å². The lowest BCUT2D eigenvalue weighted by Gasteiger charge is -2.17. The molecule has 2 unspecified atom stereocenters. The first-order valence-electron chi connectivity index (χ1n) is 6.63. The number of aromatic nitrogens is 2. The van der Waals surface area contributed by atoms with E-state index in [1.807, 2.05) is 18.7 Å². The highest BCUT2D eigenvalue weighted by Crippen LogP contribution is 2.26. The molecule has 0 aromatic carbocycles. The second kappa shape index (κ2) is 5.59. The summed E-state index contributed by atoms with van der Waals surface area (Å²) in [5, 5.41) is 14.9. The van der Waals surface area contributed by atoms with Crippen LogP contribution in [0, 0.1) is 5.92 Å². The standard InChI is InChI=1S/C13H22ClN3O/c1-4-11-13(14)12(16(3)15-11)8-17-6-5-10(7-17)9(2)18/h9-10,18H,4-8H2,1-3H3. The molecule has 1 fully saturated rings. The van der Waals surface area contributed by atoms with Crippen molar-refractivity contribution in [2.75, 3.05) is 13.1 Å². The Morgan fingerprint density at radius 2 is 2.28 bits per heavy atom. The molecule has 0 bridgehead atoms. The lowest BCUT2D eigenvalue weighted by molar-refractivity contribution is 0.127. The maximum Gasteiger partial charge on any atom is 0.0863 e. The summed E-state index contributed by atoms with van der Waals surface area (Å²) in [6.07, 6.45) is 1.71. The summed E-state index contributed by atoms with van der Waals surface area (Å²) in [6, 6.07) is 0. The van der Waals surface area contributed by atoms with Gasteiger partial charge in [0.15, 0.2) is 0 Å². The first-order chi connectivity index (χ1) is 8.52. The third kappa shape index (κ3) is 2.71. The number of rotatable bonds is 4. The topological polar surface area (TPSA) is 41.3 Å². The van der Waals surface area contributed by atoms with Gasteiger partial charge in [-0.25, -0.2) is 0 Å². The number of halogens is 1. The minimum atomic E-state index is -0.219. The zero-order valence-corrected chi connectivity index (χ0v) is 12.1. The predicted octanol–water partition coefficient (Wildman–Crippen LogP) is 1.84. The largest absolute Gasteiger partial charge is 0.393 e. The van der Waals surface area contributed by atoms with Crippen molar-refractivity contribution in [2.24, 2.45) is 13.0 Å². The molecule has 1 saturated heterocycles. The molecule has 2 rings (SSSR count). The van der Waals surface area contributed by atoms with Crippen molar-refractivity contribution in [1.29, 1.82) is 0 Å². The maximum absolute atomic E-state index is 9.62. The summed E-state index contributed by atoms with van der Waals surface area (Å²) in [6.45, 7) is 6.74. The molecule has 0 spiro atoms. The van der Waals surface area contributed by atoms with Crippen LogP contribution in [0.25, 0.3) is 0 Å². The van der Waals surface area contributed by atoms with Crippen molar-refractivity contribution >= 4 is 11.6 Å². The van der Waals surface area contributed by atoms with Crippen molar-refractivity contribution in [3.63, 3.8) is 0 Å². The summed E-state index contributed by atoms with van der Waals surface area (Å²) in [4.78, 5) is 2.35. The first kappa shape index (κ1) is 13.8. The van der Waals surface area contributed by atoms with Gasteiger partial charge in [0.25, 0.3) is 0 Å². The van der Waals surface area contributed by atoms with Crippen LogP contribution in [0.15, 0.2) is 0 Å². The first-order valence-corrected chi connectivity index (χ1v) is 7.01. The number of hydrogen-bond donors (Lipinski definition) is 1. The maximum atomic E-state index is 9.62. The van der Waals surface area contributed by atoms with E-state index in [-0.39, 0.29) is 6.10 Å². The van der Waals surface area contributed by atoms with E-state index in [9.17, 15) is 5.11 Å². The van der Waals surface area contributed by atoms with Crippen LogP contribution in [-0.2, 0) is 20.0 Å². The van der Waals surface area contributed by atoms with E-state index < -0.39 is 0 Å². The summed E-state index contributed by atoms with van der Waals surface area (Å²) in [7, 11) is 1.95. The molecule has 1 N–H and O–H groups in total. The van der Waals surface area contributed by atoms with Crippen LogP contribution in [0.3, 0.4) is 0 Å². The van der Waals surface area contributed by atoms with E-state index in [0.29, 0.717) is 5.92 Å². The Morgan fingerprint density at radius 3 is 2.78 bits per heavy atom. The Labute approximate surface area is 114 Å². The molecule has 0 radical (unpaired) electrons. The highest BCUT2D eigenvalue weighted by Gasteiger charge is 2.27. The average molecular weight is 272 g/mol. The van der Waals surface area contributed by atoms with Crippen molar-refractivity contribution in [1.82, 2.24) is 14.7 Å². The SMILES string of the molecule is CCc1nn(C)c(CN2CCC(C(C)O)C2)c1Cl. The highest BCUT2D eigenvalue weighted by atomic mass is 35.5. The average Bonchev–Trinajstić information content (AvgIpc) is 2.89. The van der Waals surface area contributed by atoms with Gasteiger partial charge in [-0.1, -0.05) is 18.5 Å². The normalized spacial score (nSPS) is 22.6. The molecular weight excluding hydrogens is 250 g/mol. The predicted molar refractivity (Wildman–Crippen MR) is 72.7 cm³/mol. The minimum absolute atomic E-state index is 0.219. The van der Waals surface area contributed by atoms with Crippen LogP contribution >= 0.6 is 11.6 Å². The van der Waals surface area contributed by atoms with Gasteiger partial charge >= 0.3 is 0 Å². The van der Waals surface area contributed by atoms with Gasteiger partial charge in [0.1, 0.15) is 0 Å². The fourth-order valence-electron chi connectivity index (χ4n) is 2.60. The second-order valence-corrected chi connectivity index (χ2v) is 5.59. The molecule has 5 heteroatoms. The van der Waals surface area contributed by atoms with Crippen molar-refractivity contribution in [3.8, 4) is 0 Å². The number of aryl methyl sites for hydroxylation is 2. The van der Waals surface area contributed by atoms with Crippen LogP contribution in [0.2, 0.25) is 5.02 Å². The van der Waals surface area contributed by atoms with Crippen molar-refractivity contribution < 1.29 is 5.11 Å². The molecular formula is C13H22ClN3O. The third-order valence-electron chi connectivity index (χ3n) is 3.87. The lowest BCUT2D eigenvalue weighted by atomic mass is 10.0. The van der Waals surface area contributed by atoms with Crippen LogP contribution in [-0.4, -0.2) is 39.0 Å². The summed E-state index contributed by atoms with van der Waals surface area (Å²) < 4.78 is 1.89. The zero-order valence-electron chi connectivity index (χ0n) is 11.4. The van der Waals surface area contributed by atoms with E-state index in [0.717, 1.165) is 48.9 Å². The van der Waals surface area contributed by atoms with Gasteiger partial charge in [0.05, 0.1) is 22.5 Å². The molecule has 1 aromatic rings. The molecule has 2 heterocycles. The molecule has 0 amide bonds. The van der Waals surface area contributed by atoms with Gasteiger partial charge in [-0.3, -0.25) is 9.58 Å². The smallest absolute Gasteiger partial charge is 0.0863 e. The van der Waals surface area contributed by atoms with Crippen LogP contribution in [0.1, 0.15) is 31.7 Å². The van der Waals surface area contributed by atoms with E-state index >= 15 is 0 Å². The fourth-order valence-corrected chi connectivity index (χ4v) is 2.96. The number of aliphatic hydroxyl groups is 1. The van der Waals surface area contributed by atoms with Gasteiger partial charge in [0, 0.05) is 20.1 Å². The summed E-state index contributed by atoms with van der Waals surface area (Å²) >= 11 is 6.35. The number of nitrogens with zero attached hydrogens (tertiary/aromatic N) is 3. The van der Waals surface area contributed by atoms with Gasteiger partial charge in [-0.05, 0) is 32.2 Å². The highest BCUT2D eigenvalue weighted by molar-refractivity contribution is 6.31. The minimum Gasteiger partial charge on any atom is -0.393 e. The molecule has 0 saturated carbocycles. The molecule has 1 aliphatic rings. The molecule has 2 atom stereocenters. The molecule has 1 aromatic heterocycles. The molecule has 4 nitrogen and oxygen atoms in total. The summed E-state index contributed by atoms with van der Waals surface area (Å²) in [5.74, 6) is 0.391. The van der Waals surface area contributed by atoms with Crippen LogP contribution in [0.4, 0.5) is 0 Å². The number of likely N-dealkylation sites (tertiary alicyclic amines) is 1. The van der Waals surface area contributed by atoms with E-state index in [1.165, 1.54) is 0 Å². The Hall–Kier alpha value is -0.580. The summed E-state index contributed by atoms with van der Waals surface area (Å²) in [5.41, 5.74) is 2.06. The van der Waals surface area contributed by atoms with Gasteiger partial charge < -0.3 is 5.11 Å². The van der Waals surface area contributed by atoms with Gasteiger partial charge in [-0.15, -0.1) is 0 Å². The Bertz CT molecular complexity index is 417. The van der Waals surface area contributed by atoms with E-state index in [4.69, 9.17) is 11.6 Å². The Balaban J connectivity index is 2.05. The fraction of sp³-hybridized carbons (Fsp3) is 0.769. The van der Waals surface area contributed by atoms with Crippen LogP contribution in [0.5, 0.6) is 0 Å². The second-order valence-electron chi connectivity index (χ2n) is 5.21. The zero-order chi connectivity index (χ0) is 13.3. The van der Waals surface area contributed by atoms with Gasteiger partial charge in [0.2, 0.25) is 0 Å². The van der Waals surface area contributed by atoms with Crippen molar-refractivity contribution in [2.45, 2.75) is 39.3 Å². The Kier molecular flexibility index (Phi) is 4.30. The molecule has 102 valence electrons. The number of aliphatic hydroxyl groups excluding tert-OH is 1. The van der Waals surface area contributed by atoms with Crippen molar-refractivity contribution in [3.05, 3.63) is 16.4 Å². The third-order valence-corrected chi connectivity index (χ3v) is 4.30. The lowest BCUT2D eigenvalue weighted by Crippen LogP contribution is -2.25. The molecule has 18 heavy (non-hydrogen) atoms. The molecule has 0 aliphatic carbocycles. The van der Waals surface area contributed by atoms with Crippen LogP contribution < -0.4 is 0 Å². The Morgan fingerprint density at radius 1 is 1.56 bits per heavy atom.